The molecule has 0 saturated carbocycles. The zero-order valence-corrected chi connectivity index (χ0v) is 16.6. The minimum atomic E-state index is -0.0210. The predicted molar refractivity (Wildman–Crippen MR) is 104 cm³/mol. The normalized spacial score (nSPS) is 17.2. The van der Waals surface area contributed by atoms with Crippen LogP contribution < -0.4 is 10.2 Å². The van der Waals surface area contributed by atoms with Gasteiger partial charge in [-0.3, -0.25) is 4.79 Å². The molecule has 0 bridgehead atoms. The van der Waals surface area contributed by atoms with E-state index in [4.69, 9.17) is 9.97 Å². The lowest BCUT2D eigenvalue weighted by Crippen LogP contribution is -2.30. The maximum Gasteiger partial charge on any atom is 0.265 e. The highest BCUT2D eigenvalue weighted by atomic mass is 32.1. The zero-order valence-electron chi connectivity index (χ0n) is 15.8. The van der Waals surface area contributed by atoms with E-state index >= 15 is 0 Å². The molecule has 0 aliphatic carbocycles. The van der Waals surface area contributed by atoms with Crippen molar-refractivity contribution >= 4 is 23.1 Å². The van der Waals surface area contributed by atoms with Crippen LogP contribution in [0.5, 0.6) is 0 Å². The average Bonchev–Trinajstić information content (AvgIpc) is 3.07. The van der Waals surface area contributed by atoms with Crippen molar-refractivity contribution in [1.29, 1.82) is 0 Å². The highest BCUT2D eigenvalue weighted by Gasteiger charge is 2.21. The fourth-order valence-electron chi connectivity index (χ4n) is 3.04. The van der Waals surface area contributed by atoms with Crippen LogP contribution in [0.25, 0.3) is 0 Å². The first-order valence-electron chi connectivity index (χ1n) is 8.90. The third kappa shape index (κ3) is 4.19. The molecule has 3 rings (SSSR count). The van der Waals surface area contributed by atoms with Gasteiger partial charge >= 0.3 is 0 Å². The first-order valence-corrected chi connectivity index (χ1v) is 9.77. The summed E-state index contributed by atoms with van der Waals surface area (Å²) in [6, 6.07) is 2.14. The third-order valence-corrected chi connectivity index (χ3v) is 5.47. The number of aromatic nitrogens is 3. The number of nitrogens with one attached hydrogen (secondary N) is 1. The van der Waals surface area contributed by atoms with Crippen LogP contribution in [-0.4, -0.2) is 53.4 Å². The Kier molecular flexibility index (Phi) is 5.83. The zero-order chi connectivity index (χ0) is 18.7. The topological polar surface area (TPSA) is 74.2 Å². The molecule has 7 nitrogen and oxygen atoms in total. The Hall–Kier alpha value is -2.06. The van der Waals surface area contributed by atoms with E-state index in [1.165, 1.54) is 24.2 Å². The molecule has 0 unspecified atom stereocenters. The van der Waals surface area contributed by atoms with Crippen molar-refractivity contribution < 1.29 is 4.79 Å². The van der Waals surface area contributed by atoms with E-state index < -0.39 is 0 Å². The molecule has 140 valence electrons. The van der Waals surface area contributed by atoms with Gasteiger partial charge in [-0.15, -0.1) is 11.3 Å². The van der Waals surface area contributed by atoms with Crippen molar-refractivity contribution in [2.75, 3.05) is 32.6 Å². The van der Waals surface area contributed by atoms with E-state index in [1.807, 2.05) is 32.0 Å². The lowest BCUT2D eigenvalue weighted by atomic mass is 10.0. The standard InChI is InChI=1S/C18H26N6OS/c1-12-16(26-11-20-12)18(25)24(4)10-13-9-15(23(2)3)22-17(21-13)14-7-5-6-8-19-14/h9,11,14,19H,5-8,10H2,1-4H3/t14-/m0/s1. The van der Waals surface area contributed by atoms with Crippen molar-refractivity contribution in [3.8, 4) is 0 Å². The molecule has 8 heteroatoms. The fraction of sp³-hybridized carbons (Fsp3) is 0.556. The summed E-state index contributed by atoms with van der Waals surface area (Å²) >= 11 is 1.38. The number of thiazole rings is 1. The molecule has 2 aromatic rings. The number of anilines is 1. The Morgan fingerprint density at radius 1 is 1.31 bits per heavy atom. The number of rotatable bonds is 5. The molecule has 0 radical (unpaired) electrons. The molecule has 1 saturated heterocycles. The van der Waals surface area contributed by atoms with Gasteiger partial charge in [0.1, 0.15) is 16.5 Å². The second-order valence-corrected chi connectivity index (χ2v) is 7.76. The van der Waals surface area contributed by atoms with Gasteiger partial charge in [0, 0.05) is 27.2 Å². The fourth-order valence-corrected chi connectivity index (χ4v) is 3.83. The Balaban J connectivity index is 1.82. The molecule has 1 N–H and O–H groups in total. The molecule has 1 amide bonds. The Bertz CT molecular complexity index is 769. The van der Waals surface area contributed by atoms with E-state index in [0.717, 1.165) is 36.0 Å². The molecule has 1 aliphatic rings. The smallest absolute Gasteiger partial charge is 0.265 e. The summed E-state index contributed by atoms with van der Waals surface area (Å²) in [5, 5.41) is 3.50. The number of carbonyl (C=O) groups is 1. The van der Waals surface area contributed by atoms with Crippen LogP contribution in [0.2, 0.25) is 0 Å². The molecule has 26 heavy (non-hydrogen) atoms. The van der Waals surface area contributed by atoms with E-state index in [2.05, 4.69) is 10.3 Å². The van der Waals surface area contributed by atoms with Gasteiger partial charge in [0.2, 0.25) is 0 Å². The second-order valence-electron chi connectivity index (χ2n) is 6.90. The van der Waals surface area contributed by atoms with E-state index in [-0.39, 0.29) is 11.9 Å². The van der Waals surface area contributed by atoms with Gasteiger partial charge < -0.3 is 15.1 Å². The van der Waals surface area contributed by atoms with Crippen LogP contribution >= 0.6 is 11.3 Å². The SMILES string of the molecule is Cc1ncsc1C(=O)N(C)Cc1cc(N(C)C)nc([C@@H]2CCCCN2)n1. The molecular formula is C18H26N6OS. The molecule has 1 fully saturated rings. The van der Waals surface area contributed by atoms with Crippen LogP contribution in [0.4, 0.5) is 5.82 Å². The minimum Gasteiger partial charge on any atom is -0.363 e. The average molecular weight is 375 g/mol. The summed E-state index contributed by atoms with van der Waals surface area (Å²) in [6.07, 6.45) is 3.43. The molecule has 1 atom stereocenters. The number of aryl methyl sites for hydroxylation is 1. The summed E-state index contributed by atoms with van der Waals surface area (Å²) in [5.74, 6) is 1.67. The Morgan fingerprint density at radius 2 is 2.12 bits per heavy atom. The number of nitrogens with zero attached hydrogens (tertiary/aromatic N) is 5. The van der Waals surface area contributed by atoms with Gasteiger partial charge in [0.25, 0.3) is 5.91 Å². The monoisotopic (exact) mass is 374 g/mol. The molecule has 1 aliphatic heterocycles. The number of hydrogen-bond acceptors (Lipinski definition) is 7. The van der Waals surface area contributed by atoms with Gasteiger partial charge in [-0.05, 0) is 26.3 Å². The highest BCUT2D eigenvalue weighted by Crippen LogP contribution is 2.23. The van der Waals surface area contributed by atoms with Crippen LogP contribution in [-0.2, 0) is 6.54 Å². The molecule has 0 spiro atoms. The van der Waals surface area contributed by atoms with Gasteiger partial charge in [-0.25, -0.2) is 15.0 Å². The highest BCUT2D eigenvalue weighted by molar-refractivity contribution is 7.11. The van der Waals surface area contributed by atoms with E-state index in [9.17, 15) is 4.79 Å². The van der Waals surface area contributed by atoms with E-state index in [1.54, 1.807) is 17.5 Å². The number of amides is 1. The first-order chi connectivity index (χ1) is 12.5. The summed E-state index contributed by atoms with van der Waals surface area (Å²) in [5.41, 5.74) is 3.33. The largest absolute Gasteiger partial charge is 0.363 e. The van der Waals surface area contributed by atoms with Crippen LogP contribution in [0.1, 0.15) is 52.2 Å². The number of carbonyl (C=O) groups excluding carboxylic acids is 1. The van der Waals surface area contributed by atoms with Crippen molar-refractivity contribution in [2.24, 2.45) is 0 Å². The first kappa shape index (κ1) is 18.7. The molecular weight excluding hydrogens is 348 g/mol. The van der Waals surface area contributed by atoms with Crippen molar-refractivity contribution in [2.45, 2.75) is 38.8 Å². The summed E-state index contributed by atoms with van der Waals surface area (Å²) in [6.45, 7) is 3.30. The second kappa shape index (κ2) is 8.09. The lowest BCUT2D eigenvalue weighted by molar-refractivity contribution is 0.0787. The van der Waals surface area contributed by atoms with Gasteiger partial charge in [0.05, 0.1) is 29.5 Å². The van der Waals surface area contributed by atoms with Crippen molar-refractivity contribution in [3.05, 3.63) is 33.7 Å². The number of piperidine rings is 1. The maximum absolute atomic E-state index is 12.7. The van der Waals surface area contributed by atoms with Gasteiger partial charge in [0.15, 0.2) is 0 Å². The number of hydrogen-bond donors (Lipinski definition) is 1. The Morgan fingerprint density at radius 3 is 2.73 bits per heavy atom. The quantitative estimate of drug-likeness (QED) is 0.866. The van der Waals surface area contributed by atoms with Crippen LogP contribution in [0.15, 0.2) is 11.6 Å². The van der Waals surface area contributed by atoms with Crippen LogP contribution in [0, 0.1) is 6.92 Å². The minimum absolute atomic E-state index is 0.0210. The van der Waals surface area contributed by atoms with Gasteiger partial charge in [-0.1, -0.05) is 6.42 Å². The summed E-state index contributed by atoms with van der Waals surface area (Å²) in [4.78, 5) is 30.7. The predicted octanol–water partition coefficient (Wildman–Crippen LogP) is 2.39. The van der Waals surface area contributed by atoms with Crippen LogP contribution in [0.3, 0.4) is 0 Å². The van der Waals surface area contributed by atoms with Crippen molar-refractivity contribution in [3.63, 3.8) is 0 Å². The van der Waals surface area contributed by atoms with Gasteiger partial charge in [-0.2, -0.15) is 0 Å². The van der Waals surface area contributed by atoms with Crippen molar-refractivity contribution in [1.82, 2.24) is 25.2 Å². The maximum atomic E-state index is 12.7. The molecule has 3 heterocycles. The van der Waals surface area contributed by atoms with E-state index in [0.29, 0.717) is 11.4 Å². The summed E-state index contributed by atoms with van der Waals surface area (Å²) in [7, 11) is 5.75. The summed E-state index contributed by atoms with van der Waals surface area (Å²) < 4.78 is 0. The molecule has 2 aromatic heterocycles. The third-order valence-electron chi connectivity index (χ3n) is 4.55. The lowest BCUT2D eigenvalue weighted by Gasteiger charge is -2.24. The Labute approximate surface area is 158 Å². The molecule has 0 aromatic carbocycles.